The topological polar surface area (TPSA) is 114 Å². The summed E-state index contributed by atoms with van der Waals surface area (Å²) in [6.07, 6.45) is 5.79. The number of nitrogens with one attached hydrogen (secondary N) is 2. The summed E-state index contributed by atoms with van der Waals surface area (Å²) in [5.74, 6) is -0.000750. The Bertz CT molecular complexity index is 1460. The molecule has 2 aromatic heterocycles. The van der Waals surface area contributed by atoms with Crippen molar-refractivity contribution in [1.29, 1.82) is 0 Å². The highest BCUT2D eigenvalue weighted by Crippen LogP contribution is 2.33. The van der Waals surface area contributed by atoms with E-state index in [0.29, 0.717) is 12.5 Å². The fourth-order valence-electron chi connectivity index (χ4n) is 5.17. The first kappa shape index (κ1) is 22.2. The molecule has 182 valence electrons. The Morgan fingerprint density at radius 2 is 1.72 bits per heavy atom. The summed E-state index contributed by atoms with van der Waals surface area (Å²) in [4.78, 5) is 40.7. The molecule has 0 saturated carbocycles. The van der Waals surface area contributed by atoms with Gasteiger partial charge < -0.3 is 14.8 Å². The Morgan fingerprint density at radius 3 is 2.50 bits per heavy atom. The highest BCUT2D eigenvalue weighted by Gasteiger charge is 2.24. The largest absolute Gasteiger partial charge is 0.358 e. The minimum Gasteiger partial charge on any atom is -0.358 e. The molecule has 0 unspecified atom stereocenters. The normalized spacial score (nSPS) is 15.2. The average Bonchev–Trinajstić information content (AvgIpc) is 3.60. The van der Waals surface area contributed by atoms with Crippen molar-refractivity contribution in [2.24, 2.45) is 0 Å². The molecular weight excluding hydrogens is 456 g/mol. The molecule has 9 heteroatoms. The Kier molecular flexibility index (Phi) is 5.61. The van der Waals surface area contributed by atoms with Crippen LogP contribution in [0, 0.1) is 0 Å². The number of H-pyrrole nitrogens is 1. The Labute approximate surface area is 207 Å². The summed E-state index contributed by atoms with van der Waals surface area (Å²) in [5, 5.41) is 9.94. The quantitative estimate of drug-likeness (QED) is 0.303. The van der Waals surface area contributed by atoms with Gasteiger partial charge in [-0.25, -0.2) is 15.4 Å². The SMILES string of the molecule is O=C(NO)c1cnc(N2CCc3[nH]c4ccc(-c5cccc(C(=O)N6CCCC6)c5)cc4c3C2)nc1. The zero-order valence-electron chi connectivity index (χ0n) is 19.7. The van der Waals surface area contributed by atoms with Crippen LogP contribution in [0.4, 0.5) is 5.95 Å². The highest BCUT2D eigenvalue weighted by molar-refractivity contribution is 5.96. The smallest absolute Gasteiger partial charge is 0.277 e. The predicted octanol–water partition coefficient (Wildman–Crippen LogP) is 3.54. The molecule has 6 rings (SSSR count). The first-order valence-corrected chi connectivity index (χ1v) is 12.2. The summed E-state index contributed by atoms with van der Waals surface area (Å²) >= 11 is 0. The number of aromatic amines is 1. The molecule has 2 amide bonds. The van der Waals surface area contributed by atoms with Crippen molar-refractivity contribution < 1.29 is 14.8 Å². The molecule has 0 atom stereocenters. The van der Waals surface area contributed by atoms with Crippen LogP contribution in [0.5, 0.6) is 0 Å². The van der Waals surface area contributed by atoms with Crippen LogP contribution in [-0.2, 0) is 13.0 Å². The highest BCUT2D eigenvalue weighted by atomic mass is 16.5. The third kappa shape index (κ3) is 3.97. The van der Waals surface area contributed by atoms with Gasteiger partial charge in [-0.1, -0.05) is 18.2 Å². The van der Waals surface area contributed by atoms with E-state index in [0.717, 1.165) is 66.5 Å². The second-order valence-corrected chi connectivity index (χ2v) is 9.31. The number of hydrogen-bond acceptors (Lipinski definition) is 6. The van der Waals surface area contributed by atoms with Crippen LogP contribution in [0.15, 0.2) is 54.9 Å². The standard InChI is InChI=1S/C27H26N6O3/c34-25(31-36)20-14-28-27(29-15-20)33-11-8-24-22(16-33)21-13-18(6-7-23(21)30-24)17-4-3-5-19(12-17)26(35)32-9-1-2-10-32/h3-7,12-15,30,36H,1-2,8-11,16H2,(H,31,34). The summed E-state index contributed by atoms with van der Waals surface area (Å²) in [6, 6.07) is 14.3. The lowest BCUT2D eigenvalue weighted by Crippen LogP contribution is -2.31. The Balaban J connectivity index is 1.29. The maximum atomic E-state index is 12.9. The number of anilines is 1. The van der Waals surface area contributed by atoms with Crippen LogP contribution in [-0.4, -0.2) is 56.5 Å². The van der Waals surface area contributed by atoms with Gasteiger partial charge in [-0.3, -0.25) is 14.8 Å². The first-order valence-electron chi connectivity index (χ1n) is 12.2. The number of carbonyl (C=O) groups is 2. The lowest BCUT2D eigenvalue weighted by atomic mass is 9.98. The maximum absolute atomic E-state index is 12.9. The third-order valence-corrected chi connectivity index (χ3v) is 7.10. The van der Waals surface area contributed by atoms with Gasteiger partial charge in [-0.15, -0.1) is 0 Å². The number of fused-ring (bicyclic) bond motifs is 3. The monoisotopic (exact) mass is 482 g/mol. The van der Waals surface area contributed by atoms with Crippen LogP contribution in [0.25, 0.3) is 22.0 Å². The lowest BCUT2D eigenvalue weighted by molar-refractivity contribution is 0.0705. The fraction of sp³-hybridized carbons (Fsp3) is 0.259. The molecule has 0 aliphatic carbocycles. The molecule has 0 bridgehead atoms. The van der Waals surface area contributed by atoms with E-state index in [1.165, 1.54) is 23.7 Å². The van der Waals surface area contributed by atoms with E-state index in [9.17, 15) is 9.59 Å². The number of nitrogens with zero attached hydrogens (tertiary/aromatic N) is 4. The van der Waals surface area contributed by atoms with E-state index in [4.69, 9.17) is 5.21 Å². The van der Waals surface area contributed by atoms with Crippen LogP contribution >= 0.6 is 0 Å². The Morgan fingerprint density at radius 1 is 0.944 bits per heavy atom. The maximum Gasteiger partial charge on any atom is 0.277 e. The van der Waals surface area contributed by atoms with Crippen LogP contribution < -0.4 is 10.4 Å². The van der Waals surface area contributed by atoms with Crippen LogP contribution in [0.3, 0.4) is 0 Å². The van der Waals surface area contributed by atoms with Crippen molar-refractivity contribution in [1.82, 2.24) is 25.3 Å². The molecule has 2 aliphatic heterocycles. The second-order valence-electron chi connectivity index (χ2n) is 9.31. The van der Waals surface area contributed by atoms with E-state index >= 15 is 0 Å². The summed E-state index contributed by atoms with van der Waals surface area (Å²) in [5.41, 5.74) is 8.07. The molecule has 2 aromatic carbocycles. The number of amides is 2. The van der Waals surface area contributed by atoms with Crippen LogP contribution in [0.2, 0.25) is 0 Å². The van der Waals surface area contributed by atoms with E-state index < -0.39 is 5.91 Å². The van der Waals surface area contributed by atoms with E-state index in [1.54, 1.807) is 5.48 Å². The molecule has 1 saturated heterocycles. The number of rotatable bonds is 4. The summed E-state index contributed by atoms with van der Waals surface area (Å²) in [7, 11) is 0. The predicted molar refractivity (Wildman–Crippen MR) is 135 cm³/mol. The molecule has 4 aromatic rings. The van der Waals surface area contributed by atoms with Gasteiger partial charge in [-0.2, -0.15) is 0 Å². The number of carbonyl (C=O) groups excluding carboxylic acids is 2. The number of benzene rings is 2. The van der Waals surface area contributed by atoms with Crippen molar-refractivity contribution in [2.45, 2.75) is 25.8 Å². The number of likely N-dealkylation sites (tertiary alicyclic amines) is 1. The number of hydroxylamine groups is 1. The lowest BCUT2D eigenvalue weighted by Gasteiger charge is -2.27. The minimum atomic E-state index is -0.641. The zero-order valence-corrected chi connectivity index (χ0v) is 19.7. The van der Waals surface area contributed by atoms with E-state index in [2.05, 4.69) is 38.1 Å². The van der Waals surface area contributed by atoms with E-state index in [-0.39, 0.29) is 11.5 Å². The third-order valence-electron chi connectivity index (χ3n) is 7.10. The number of aromatic nitrogens is 3. The van der Waals surface area contributed by atoms with E-state index in [1.807, 2.05) is 29.2 Å². The molecule has 4 heterocycles. The van der Waals surface area contributed by atoms with Gasteiger partial charge in [0.15, 0.2) is 0 Å². The molecule has 2 aliphatic rings. The van der Waals surface area contributed by atoms with Gasteiger partial charge in [0.25, 0.3) is 11.8 Å². The molecule has 0 spiro atoms. The average molecular weight is 483 g/mol. The minimum absolute atomic E-state index is 0.104. The van der Waals surface area contributed by atoms with Gasteiger partial charge in [0.05, 0.1) is 5.56 Å². The molecule has 3 N–H and O–H groups in total. The molecule has 0 radical (unpaired) electrons. The number of hydrogen-bond donors (Lipinski definition) is 3. The van der Waals surface area contributed by atoms with Gasteiger partial charge in [-0.05, 0) is 48.2 Å². The van der Waals surface area contributed by atoms with Gasteiger partial charge >= 0.3 is 0 Å². The van der Waals surface area contributed by atoms with Crippen molar-refractivity contribution in [3.63, 3.8) is 0 Å². The van der Waals surface area contributed by atoms with Crippen molar-refractivity contribution in [3.8, 4) is 11.1 Å². The molecule has 36 heavy (non-hydrogen) atoms. The molecule has 1 fully saturated rings. The zero-order chi connectivity index (χ0) is 24.6. The summed E-state index contributed by atoms with van der Waals surface area (Å²) in [6.45, 7) is 3.06. The van der Waals surface area contributed by atoms with Gasteiger partial charge in [0.1, 0.15) is 0 Å². The second kappa shape index (κ2) is 9.09. The van der Waals surface area contributed by atoms with Crippen molar-refractivity contribution >= 4 is 28.7 Å². The van der Waals surface area contributed by atoms with Crippen LogP contribution in [0.1, 0.15) is 44.8 Å². The molecular formula is C27H26N6O3. The Hall–Kier alpha value is -4.24. The van der Waals surface area contributed by atoms with Gasteiger partial charge in [0, 0.05) is 72.7 Å². The van der Waals surface area contributed by atoms with Crippen molar-refractivity contribution in [2.75, 3.05) is 24.5 Å². The summed E-state index contributed by atoms with van der Waals surface area (Å²) < 4.78 is 0. The fourth-order valence-corrected chi connectivity index (χ4v) is 5.17. The van der Waals surface area contributed by atoms with Crippen molar-refractivity contribution in [3.05, 3.63) is 77.2 Å². The molecule has 9 nitrogen and oxygen atoms in total. The van der Waals surface area contributed by atoms with Gasteiger partial charge in [0.2, 0.25) is 5.95 Å². The first-order chi connectivity index (χ1) is 17.6.